The molecule has 0 bridgehead atoms. The van der Waals surface area contributed by atoms with E-state index in [1.807, 2.05) is 31.2 Å². The summed E-state index contributed by atoms with van der Waals surface area (Å²) < 4.78 is 1.05. The van der Waals surface area contributed by atoms with Crippen molar-refractivity contribution in [2.75, 3.05) is 11.9 Å². The largest absolute Gasteiger partial charge is 0.396 e. The van der Waals surface area contributed by atoms with Gasteiger partial charge < -0.3 is 15.4 Å². The average molecular weight is 370 g/mol. The lowest BCUT2D eigenvalue weighted by Gasteiger charge is -2.16. The number of hydrogen-bond donors (Lipinski definition) is 3. The molecule has 4 rings (SSSR count). The van der Waals surface area contributed by atoms with Crippen LogP contribution >= 0.6 is 11.3 Å². The molecule has 1 fully saturated rings. The van der Waals surface area contributed by atoms with Crippen molar-refractivity contribution in [1.82, 2.24) is 15.0 Å². The zero-order valence-corrected chi connectivity index (χ0v) is 15.5. The molecule has 1 saturated carbocycles. The van der Waals surface area contributed by atoms with Gasteiger partial charge in [0.2, 0.25) is 0 Å². The van der Waals surface area contributed by atoms with Crippen LogP contribution in [0.3, 0.4) is 0 Å². The first kappa shape index (κ1) is 17.2. The summed E-state index contributed by atoms with van der Waals surface area (Å²) in [7, 11) is 0. The topological polar surface area (TPSA) is 90.9 Å². The van der Waals surface area contributed by atoms with Crippen molar-refractivity contribution < 1.29 is 5.11 Å². The standard InChI is InChI=1S/C19H22N4O2S/c1-2-15-22-17(20-12-8-7-11(9-12)10-24)16(18(25)23-15)19-21-13-5-3-4-6-14(13)26-19/h3-6,11-12,24H,2,7-10H2,1H3,(H2,20,22,23,25). The van der Waals surface area contributed by atoms with E-state index in [1.54, 1.807) is 0 Å². The molecule has 2 aromatic heterocycles. The first-order valence-electron chi connectivity index (χ1n) is 9.04. The molecular weight excluding hydrogens is 348 g/mol. The highest BCUT2D eigenvalue weighted by atomic mass is 32.1. The number of aromatic amines is 1. The Balaban J connectivity index is 1.76. The van der Waals surface area contributed by atoms with Gasteiger partial charge in [-0.15, -0.1) is 11.3 Å². The third kappa shape index (κ3) is 3.24. The maximum atomic E-state index is 12.8. The van der Waals surface area contributed by atoms with Gasteiger partial charge in [-0.05, 0) is 37.3 Å². The summed E-state index contributed by atoms with van der Waals surface area (Å²) in [6.07, 6.45) is 3.52. The number of rotatable bonds is 5. The molecule has 136 valence electrons. The van der Waals surface area contributed by atoms with E-state index in [4.69, 9.17) is 0 Å². The Labute approximate surface area is 155 Å². The number of para-hydroxylation sites is 1. The molecule has 1 aliphatic carbocycles. The molecule has 26 heavy (non-hydrogen) atoms. The Kier molecular flexibility index (Phi) is 4.74. The van der Waals surface area contributed by atoms with E-state index in [0.717, 1.165) is 29.5 Å². The molecule has 1 aliphatic rings. The van der Waals surface area contributed by atoms with Gasteiger partial charge in [-0.1, -0.05) is 19.1 Å². The molecule has 0 aliphatic heterocycles. The van der Waals surface area contributed by atoms with E-state index >= 15 is 0 Å². The minimum absolute atomic E-state index is 0.157. The summed E-state index contributed by atoms with van der Waals surface area (Å²) in [6, 6.07) is 8.10. The Morgan fingerprint density at radius 3 is 2.88 bits per heavy atom. The Morgan fingerprint density at radius 1 is 1.31 bits per heavy atom. The molecule has 3 N–H and O–H groups in total. The maximum Gasteiger partial charge on any atom is 0.263 e. The minimum atomic E-state index is -0.157. The van der Waals surface area contributed by atoms with Crippen LogP contribution in [0.25, 0.3) is 20.8 Å². The van der Waals surface area contributed by atoms with Crippen LogP contribution in [0, 0.1) is 5.92 Å². The van der Waals surface area contributed by atoms with Crippen molar-refractivity contribution in [3.63, 3.8) is 0 Å². The van der Waals surface area contributed by atoms with Crippen molar-refractivity contribution in [2.45, 2.75) is 38.6 Å². The van der Waals surface area contributed by atoms with Gasteiger partial charge in [-0.25, -0.2) is 9.97 Å². The zero-order chi connectivity index (χ0) is 18.1. The number of nitrogens with one attached hydrogen (secondary N) is 2. The van der Waals surface area contributed by atoms with Gasteiger partial charge in [0.25, 0.3) is 5.56 Å². The third-order valence-corrected chi connectivity index (χ3v) is 6.01. The molecule has 0 spiro atoms. The molecule has 7 heteroatoms. The number of aliphatic hydroxyl groups excluding tert-OH is 1. The second kappa shape index (κ2) is 7.17. The molecule has 2 unspecified atom stereocenters. The molecule has 1 aromatic carbocycles. The molecular formula is C19H22N4O2S. The summed E-state index contributed by atoms with van der Waals surface area (Å²) >= 11 is 1.50. The number of fused-ring (bicyclic) bond motifs is 1. The smallest absolute Gasteiger partial charge is 0.263 e. The minimum Gasteiger partial charge on any atom is -0.396 e. The van der Waals surface area contributed by atoms with Crippen molar-refractivity contribution in [1.29, 1.82) is 0 Å². The van der Waals surface area contributed by atoms with Gasteiger partial charge in [0.1, 0.15) is 22.2 Å². The number of hydrogen-bond acceptors (Lipinski definition) is 6. The number of aliphatic hydroxyl groups is 1. The van der Waals surface area contributed by atoms with Gasteiger partial charge in [0.15, 0.2) is 0 Å². The molecule has 6 nitrogen and oxygen atoms in total. The molecule has 0 amide bonds. The normalized spacial score (nSPS) is 19.9. The second-order valence-electron chi connectivity index (χ2n) is 6.78. The summed E-state index contributed by atoms with van der Waals surface area (Å²) in [5.41, 5.74) is 1.24. The Morgan fingerprint density at radius 2 is 2.15 bits per heavy atom. The van der Waals surface area contributed by atoms with Crippen molar-refractivity contribution in [2.24, 2.45) is 5.92 Å². The van der Waals surface area contributed by atoms with E-state index in [9.17, 15) is 9.90 Å². The van der Waals surface area contributed by atoms with E-state index in [1.165, 1.54) is 11.3 Å². The lowest BCUT2D eigenvalue weighted by atomic mass is 10.1. The number of nitrogens with zero attached hydrogens (tertiary/aromatic N) is 2. The molecule has 2 heterocycles. The summed E-state index contributed by atoms with van der Waals surface area (Å²) in [5, 5.41) is 13.5. The first-order chi connectivity index (χ1) is 12.7. The number of anilines is 1. The van der Waals surface area contributed by atoms with Gasteiger partial charge >= 0.3 is 0 Å². The van der Waals surface area contributed by atoms with Crippen molar-refractivity contribution in [3.05, 3.63) is 40.4 Å². The van der Waals surface area contributed by atoms with Crippen LogP contribution in [-0.4, -0.2) is 32.7 Å². The fourth-order valence-electron chi connectivity index (χ4n) is 3.53. The van der Waals surface area contributed by atoms with Gasteiger partial charge in [-0.2, -0.15) is 0 Å². The Bertz CT molecular complexity index is 948. The first-order valence-corrected chi connectivity index (χ1v) is 9.86. The van der Waals surface area contributed by atoms with Gasteiger partial charge in [0, 0.05) is 19.1 Å². The second-order valence-corrected chi connectivity index (χ2v) is 7.81. The number of aryl methyl sites for hydroxylation is 1. The van der Waals surface area contributed by atoms with Crippen LogP contribution in [0.2, 0.25) is 0 Å². The SMILES string of the molecule is CCc1nc(NC2CCC(CO)C2)c(-c2nc3ccccc3s2)c(=O)[nH]1. The highest BCUT2D eigenvalue weighted by Crippen LogP contribution is 2.33. The van der Waals surface area contributed by atoms with Crippen LogP contribution in [0.5, 0.6) is 0 Å². The fourth-order valence-corrected chi connectivity index (χ4v) is 4.54. The number of thiazole rings is 1. The highest BCUT2D eigenvalue weighted by molar-refractivity contribution is 7.21. The van der Waals surface area contributed by atoms with Crippen LogP contribution in [0.4, 0.5) is 5.82 Å². The Hall–Kier alpha value is -2.25. The van der Waals surface area contributed by atoms with Crippen LogP contribution < -0.4 is 10.9 Å². The third-order valence-electron chi connectivity index (χ3n) is 4.95. The maximum absolute atomic E-state index is 12.8. The van der Waals surface area contributed by atoms with Crippen molar-refractivity contribution >= 4 is 27.4 Å². The van der Waals surface area contributed by atoms with E-state index in [-0.39, 0.29) is 18.2 Å². The lowest BCUT2D eigenvalue weighted by molar-refractivity contribution is 0.229. The van der Waals surface area contributed by atoms with Crippen LogP contribution in [0.15, 0.2) is 29.1 Å². The van der Waals surface area contributed by atoms with Gasteiger partial charge in [0.05, 0.1) is 10.2 Å². The lowest BCUT2D eigenvalue weighted by Crippen LogP contribution is -2.23. The van der Waals surface area contributed by atoms with Gasteiger partial charge in [-0.3, -0.25) is 4.79 Å². The van der Waals surface area contributed by atoms with Crippen LogP contribution in [0.1, 0.15) is 32.0 Å². The highest BCUT2D eigenvalue weighted by Gasteiger charge is 2.26. The summed E-state index contributed by atoms with van der Waals surface area (Å²) in [4.78, 5) is 25.0. The predicted octanol–water partition coefficient (Wildman–Crippen LogP) is 3.18. The van der Waals surface area contributed by atoms with E-state index in [0.29, 0.717) is 34.6 Å². The van der Waals surface area contributed by atoms with E-state index < -0.39 is 0 Å². The zero-order valence-electron chi connectivity index (χ0n) is 14.7. The average Bonchev–Trinajstić information content (AvgIpc) is 3.27. The summed E-state index contributed by atoms with van der Waals surface area (Å²) in [6.45, 7) is 2.18. The molecule has 0 saturated heterocycles. The quantitative estimate of drug-likeness (QED) is 0.642. The molecule has 0 radical (unpaired) electrons. The van der Waals surface area contributed by atoms with Crippen LogP contribution in [-0.2, 0) is 6.42 Å². The monoisotopic (exact) mass is 370 g/mol. The van der Waals surface area contributed by atoms with E-state index in [2.05, 4.69) is 20.3 Å². The molecule has 3 aromatic rings. The fraction of sp³-hybridized carbons (Fsp3) is 0.421. The molecule has 2 atom stereocenters. The number of aromatic nitrogens is 3. The summed E-state index contributed by atoms with van der Waals surface area (Å²) in [5.74, 6) is 1.60. The number of H-pyrrole nitrogens is 1. The number of benzene rings is 1. The predicted molar refractivity (Wildman–Crippen MR) is 105 cm³/mol. The van der Waals surface area contributed by atoms with Crippen molar-refractivity contribution in [3.8, 4) is 10.6 Å².